The summed E-state index contributed by atoms with van der Waals surface area (Å²) in [5, 5.41) is 0. The molecule has 1 unspecified atom stereocenters. The fourth-order valence-electron chi connectivity index (χ4n) is 1.01. The van der Waals surface area contributed by atoms with Crippen LogP contribution in [0.4, 0.5) is 4.39 Å². The smallest absolute Gasteiger partial charge is 0.348 e. The zero-order valence-electron chi connectivity index (χ0n) is 7.87. The highest BCUT2D eigenvalue weighted by atomic mass is 79.9. The Kier molecular flexibility index (Phi) is 3.96. The molecule has 0 N–H and O–H groups in total. The van der Waals surface area contributed by atoms with Gasteiger partial charge in [-0.05, 0) is 6.07 Å². The van der Waals surface area contributed by atoms with Crippen molar-refractivity contribution in [2.45, 2.75) is 6.17 Å². The van der Waals surface area contributed by atoms with Crippen molar-refractivity contribution >= 4 is 27.7 Å². The number of carbonyl (C=O) groups is 2. The number of halogens is 2. The molecule has 0 heterocycles. The molecule has 3 nitrogen and oxygen atoms in total. The standard InChI is InChI=1S/C10H8BrFO3/c1-15-10(14)8(12)9(13)6-4-2-3-5-7(6)11/h2-5,8H,1H3. The number of rotatable bonds is 3. The first-order valence-corrected chi connectivity index (χ1v) is 4.88. The molecule has 0 aliphatic rings. The topological polar surface area (TPSA) is 43.4 Å². The second-order valence-electron chi connectivity index (χ2n) is 2.73. The first-order valence-electron chi connectivity index (χ1n) is 4.08. The molecule has 0 amide bonds. The molecule has 0 spiro atoms. The van der Waals surface area contributed by atoms with Gasteiger partial charge < -0.3 is 4.74 Å². The number of esters is 1. The van der Waals surface area contributed by atoms with Crippen LogP contribution in [0.5, 0.6) is 0 Å². The molecule has 0 radical (unpaired) electrons. The number of ketones is 1. The van der Waals surface area contributed by atoms with Gasteiger partial charge in [-0.3, -0.25) is 4.79 Å². The van der Waals surface area contributed by atoms with Crippen molar-refractivity contribution in [1.29, 1.82) is 0 Å². The molecule has 0 aliphatic carbocycles. The van der Waals surface area contributed by atoms with Gasteiger partial charge in [0.05, 0.1) is 7.11 Å². The maximum absolute atomic E-state index is 13.2. The second kappa shape index (κ2) is 5.02. The van der Waals surface area contributed by atoms with Crippen LogP contribution in [-0.4, -0.2) is 25.0 Å². The maximum Gasteiger partial charge on any atom is 0.348 e. The van der Waals surface area contributed by atoms with Gasteiger partial charge in [-0.25, -0.2) is 9.18 Å². The van der Waals surface area contributed by atoms with Gasteiger partial charge in [0.25, 0.3) is 6.17 Å². The van der Waals surface area contributed by atoms with Crippen LogP contribution in [0.25, 0.3) is 0 Å². The summed E-state index contributed by atoms with van der Waals surface area (Å²) in [7, 11) is 1.03. The Labute approximate surface area is 94.4 Å². The number of ether oxygens (including phenoxy) is 1. The minimum atomic E-state index is -2.27. The predicted octanol–water partition coefficient (Wildman–Crippen LogP) is 2.14. The summed E-state index contributed by atoms with van der Waals surface area (Å²) in [6, 6.07) is 6.30. The Hall–Kier alpha value is -1.23. The van der Waals surface area contributed by atoms with E-state index in [-0.39, 0.29) is 5.56 Å². The van der Waals surface area contributed by atoms with E-state index in [4.69, 9.17) is 0 Å². The van der Waals surface area contributed by atoms with Gasteiger partial charge in [-0.2, -0.15) is 0 Å². The van der Waals surface area contributed by atoms with Crippen molar-refractivity contribution in [3.63, 3.8) is 0 Å². The Balaban J connectivity index is 2.95. The van der Waals surface area contributed by atoms with Crippen molar-refractivity contribution in [3.05, 3.63) is 34.3 Å². The summed E-state index contributed by atoms with van der Waals surface area (Å²) in [4.78, 5) is 22.3. The number of hydrogen-bond acceptors (Lipinski definition) is 3. The van der Waals surface area contributed by atoms with Crippen LogP contribution in [0.1, 0.15) is 10.4 Å². The fourth-order valence-corrected chi connectivity index (χ4v) is 1.49. The van der Waals surface area contributed by atoms with Gasteiger partial charge in [-0.15, -0.1) is 0 Å². The molecular formula is C10H8BrFO3. The van der Waals surface area contributed by atoms with Gasteiger partial charge in [0.2, 0.25) is 5.78 Å². The van der Waals surface area contributed by atoms with E-state index in [1.807, 2.05) is 0 Å². The van der Waals surface area contributed by atoms with E-state index in [0.717, 1.165) is 7.11 Å². The summed E-state index contributed by atoms with van der Waals surface area (Å²) < 4.78 is 17.8. The van der Waals surface area contributed by atoms with E-state index < -0.39 is 17.9 Å². The van der Waals surface area contributed by atoms with Crippen LogP contribution < -0.4 is 0 Å². The molecule has 15 heavy (non-hydrogen) atoms. The minimum absolute atomic E-state index is 0.121. The van der Waals surface area contributed by atoms with Crippen LogP contribution in [0.15, 0.2) is 28.7 Å². The molecule has 0 aliphatic heterocycles. The summed E-state index contributed by atoms with van der Waals surface area (Å²) in [5.41, 5.74) is 0.121. The van der Waals surface area contributed by atoms with Crippen LogP contribution in [0.2, 0.25) is 0 Å². The highest BCUT2D eigenvalue weighted by Crippen LogP contribution is 2.18. The lowest BCUT2D eigenvalue weighted by atomic mass is 10.1. The highest BCUT2D eigenvalue weighted by molar-refractivity contribution is 9.10. The SMILES string of the molecule is COC(=O)C(F)C(=O)c1ccccc1Br. The summed E-state index contributed by atoms with van der Waals surface area (Å²) in [6.45, 7) is 0. The van der Waals surface area contributed by atoms with Crippen molar-refractivity contribution in [1.82, 2.24) is 0 Å². The lowest BCUT2D eigenvalue weighted by Gasteiger charge is -2.06. The van der Waals surface area contributed by atoms with Crippen molar-refractivity contribution in [2.24, 2.45) is 0 Å². The van der Waals surface area contributed by atoms with E-state index in [0.29, 0.717) is 4.47 Å². The maximum atomic E-state index is 13.2. The third kappa shape index (κ3) is 2.62. The molecule has 0 aromatic heterocycles. The molecular weight excluding hydrogens is 267 g/mol. The van der Waals surface area contributed by atoms with Crippen LogP contribution >= 0.6 is 15.9 Å². The zero-order chi connectivity index (χ0) is 11.4. The zero-order valence-corrected chi connectivity index (χ0v) is 9.45. The lowest BCUT2D eigenvalue weighted by molar-refractivity contribution is -0.144. The molecule has 0 fully saturated rings. The Morgan fingerprint density at radius 2 is 2.00 bits per heavy atom. The van der Waals surface area contributed by atoms with E-state index in [1.165, 1.54) is 6.07 Å². The largest absolute Gasteiger partial charge is 0.467 e. The van der Waals surface area contributed by atoms with Gasteiger partial charge in [0.15, 0.2) is 0 Å². The second-order valence-corrected chi connectivity index (χ2v) is 3.58. The summed E-state index contributed by atoms with van der Waals surface area (Å²) >= 11 is 3.10. The van der Waals surface area contributed by atoms with Crippen molar-refractivity contribution in [3.8, 4) is 0 Å². The molecule has 0 saturated heterocycles. The van der Waals surface area contributed by atoms with E-state index >= 15 is 0 Å². The molecule has 0 bridgehead atoms. The number of methoxy groups -OCH3 is 1. The Morgan fingerprint density at radius 1 is 1.40 bits per heavy atom. The average molecular weight is 275 g/mol. The number of carbonyl (C=O) groups excluding carboxylic acids is 2. The number of hydrogen-bond donors (Lipinski definition) is 0. The molecule has 1 atom stereocenters. The molecule has 5 heteroatoms. The third-order valence-electron chi connectivity index (χ3n) is 1.78. The minimum Gasteiger partial charge on any atom is -0.467 e. The summed E-state index contributed by atoms with van der Waals surface area (Å²) in [5.74, 6) is -2.09. The third-order valence-corrected chi connectivity index (χ3v) is 2.47. The first kappa shape index (κ1) is 11.8. The molecule has 1 aromatic carbocycles. The number of alkyl halides is 1. The van der Waals surface area contributed by atoms with Crippen molar-refractivity contribution in [2.75, 3.05) is 7.11 Å². The highest BCUT2D eigenvalue weighted by Gasteiger charge is 2.28. The number of Topliss-reactive ketones (excluding diaryl/α,β-unsaturated/α-hetero) is 1. The normalized spacial score (nSPS) is 11.9. The van der Waals surface area contributed by atoms with Gasteiger partial charge in [0, 0.05) is 10.0 Å². The fraction of sp³-hybridized carbons (Fsp3) is 0.200. The van der Waals surface area contributed by atoms with Gasteiger partial charge in [0.1, 0.15) is 0 Å². The molecule has 0 saturated carbocycles. The lowest BCUT2D eigenvalue weighted by Crippen LogP contribution is -2.27. The number of benzene rings is 1. The summed E-state index contributed by atoms with van der Waals surface area (Å²) in [6.07, 6.45) is -2.27. The van der Waals surface area contributed by atoms with E-state index in [2.05, 4.69) is 20.7 Å². The monoisotopic (exact) mass is 274 g/mol. The van der Waals surface area contributed by atoms with Crippen LogP contribution in [0.3, 0.4) is 0 Å². The van der Waals surface area contributed by atoms with E-state index in [9.17, 15) is 14.0 Å². The van der Waals surface area contributed by atoms with Gasteiger partial charge >= 0.3 is 5.97 Å². The molecule has 1 rings (SSSR count). The predicted molar refractivity (Wildman–Crippen MR) is 55.4 cm³/mol. The van der Waals surface area contributed by atoms with E-state index in [1.54, 1.807) is 18.2 Å². The quantitative estimate of drug-likeness (QED) is 0.482. The molecule has 1 aromatic rings. The van der Waals surface area contributed by atoms with Gasteiger partial charge in [-0.1, -0.05) is 34.1 Å². The van der Waals surface area contributed by atoms with Crippen LogP contribution in [-0.2, 0) is 9.53 Å². The van der Waals surface area contributed by atoms with Crippen molar-refractivity contribution < 1.29 is 18.7 Å². The Morgan fingerprint density at radius 3 is 2.53 bits per heavy atom. The average Bonchev–Trinajstić information content (AvgIpc) is 2.26. The Bertz CT molecular complexity index is 392. The first-order chi connectivity index (χ1) is 7.07. The van der Waals surface area contributed by atoms with Crippen LogP contribution in [0, 0.1) is 0 Å². The molecule has 80 valence electrons.